The summed E-state index contributed by atoms with van der Waals surface area (Å²) in [7, 11) is 0. The first kappa shape index (κ1) is 13.8. The van der Waals surface area contributed by atoms with Crippen molar-refractivity contribution in [3.8, 4) is 5.75 Å². The van der Waals surface area contributed by atoms with Gasteiger partial charge in [0, 0.05) is 35.4 Å². The van der Waals surface area contributed by atoms with Crippen molar-refractivity contribution in [1.29, 1.82) is 0 Å². The summed E-state index contributed by atoms with van der Waals surface area (Å²) in [5.41, 5.74) is 3.07. The van der Waals surface area contributed by atoms with Gasteiger partial charge in [0.1, 0.15) is 5.69 Å². The molecule has 126 valence electrons. The molecule has 1 saturated heterocycles. The summed E-state index contributed by atoms with van der Waals surface area (Å²) in [5, 5.41) is 16.3. The van der Waals surface area contributed by atoms with Crippen LogP contribution in [-0.4, -0.2) is 42.4 Å². The Morgan fingerprint density at radius 2 is 2.32 bits per heavy atom. The Balaban J connectivity index is 1.78. The van der Waals surface area contributed by atoms with Gasteiger partial charge in [0.15, 0.2) is 11.5 Å². The number of aliphatic imine (C=N–C) groups is 1. The molecule has 1 aliphatic carbocycles. The molecule has 2 bridgehead atoms. The average molecular weight is 335 g/mol. The second kappa shape index (κ2) is 4.38. The van der Waals surface area contributed by atoms with E-state index < -0.39 is 5.41 Å². The number of anilines is 1. The Morgan fingerprint density at radius 3 is 3.24 bits per heavy atom. The van der Waals surface area contributed by atoms with Crippen LogP contribution in [0.1, 0.15) is 24.8 Å². The van der Waals surface area contributed by atoms with Gasteiger partial charge in [-0.05, 0) is 24.5 Å². The lowest BCUT2D eigenvalue weighted by atomic mass is 9.63. The normalized spacial score (nSPS) is 33.3. The molecule has 0 radical (unpaired) electrons. The van der Waals surface area contributed by atoms with Crippen molar-refractivity contribution >= 4 is 28.9 Å². The molecule has 1 aromatic carbocycles. The molecule has 6 nitrogen and oxygen atoms in total. The Bertz CT molecular complexity index is 1040. The third-order valence-corrected chi connectivity index (χ3v) is 6.17. The first-order chi connectivity index (χ1) is 12.2. The van der Waals surface area contributed by atoms with Gasteiger partial charge >= 0.3 is 0 Å². The summed E-state index contributed by atoms with van der Waals surface area (Å²) in [6.07, 6.45) is 7.41. The van der Waals surface area contributed by atoms with Crippen molar-refractivity contribution < 1.29 is 14.6 Å². The highest BCUT2D eigenvalue weighted by atomic mass is 16.5. The number of benzene rings is 1. The molecule has 5 aliphatic rings. The van der Waals surface area contributed by atoms with Gasteiger partial charge in [0.05, 0.1) is 29.8 Å². The Hall–Kier alpha value is -2.47. The summed E-state index contributed by atoms with van der Waals surface area (Å²) in [4.78, 5) is 21.3. The lowest BCUT2D eigenvalue weighted by molar-refractivity contribution is -0.122. The number of nitrogens with one attached hydrogen (secondary N) is 1. The fourth-order valence-electron chi connectivity index (χ4n) is 5.11. The van der Waals surface area contributed by atoms with Crippen molar-refractivity contribution in [3.05, 3.63) is 28.3 Å². The lowest BCUT2D eigenvalue weighted by Crippen LogP contribution is -2.59. The predicted octanol–water partition coefficient (Wildman–Crippen LogP) is 0.632. The van der Waals surface area contributed by atoms with Gasteiger partial charge in [-0.15, -0.1) is 0 Å². The first-order valence-corrected chi connectivity index (χ1v) is 8.79. The summed E-state index contributed by atoms with van der Waals surface area (Å²) in [6.45, 7) is 1.26. The number of fused-ring (bicyclic) bond motifs is 3. The maximum absolute atomic E-state index is 12.0. The molecule has 1 spiro atoms. The van der Waals surface area contributed by atoms with Crippen molar-refractivity contribution in [3.63, 3.8) is 0 Å². The minimum absolute atomic E-state index is 0.0979. The molecule has 0 unspecified atom stereocenters. The highest BCUT2D eigenvalue weighted by Crippen LogP contribution is 2.51. The number of ether oxygens (including phenoxy) is 1. The Morgan fingerprint density at radius 1 is 1.40 bits per heavy atom. The van der Waals surface area contributed by atoms with E-state index >= 15 is 0 Å². The first-order valence-electron chi connectivity index (χ1n) is 8.79. The fraction of sp³-hybridized carbons (Fsp3) is 0.421. The second-order valence-electron chi connectivity index (χ2n) is 7.50. The summed E-state index contributed by atoms with van der Waals surface area (Å²) < 4.78 is 6.07. The van der Waals surface area contributed by atoms with Gasteiger partial charge in [0.25, 0.3) is 0 Å². The molecule has 25 heavy (non-hydrogen) atoms. The molecule has 0 saturated carbocycles. The molecule has 6 heteroatoms. The van der Waals surface area contributed by atoms with Crippen molar-refractivity contribution in [2.75, 3.05) is 18.5 Å². The Kier molecular flexibility index (Phi) is 2.41. The van der Waals surface area contributed by atoms with Crippen LogP contribution in [-0.2, 0) is 14.9 Å². The highest BCUT2D eigenvalue weighted by Gasteiger charge is 2.52. The number of rotatable bonds is 0. The molecule has 1 fully saturated rings. The highest BCUT2D eigenvalue weighted by molar-refractivity contribution is 6.08. The van der Waals surface area contributed by atoms with E-state index in [1.54, 1.807) is 6.08 Å². The quantitative estimate of drug-likeness (QED) is 0.681. The van der Waals surface area contributed by atoms with Crippen LogP contribution in [0, 0.1) is 0 Å². The molecular weight excluding hydrogens is 318 g/mol. The van der Waals surface area contributed by atoms with Crippen LogP contribution < -0.4 is 15.9 Å². The van der Waals surface area contributed by atoms with Gasteiger partial charge in [-0.25, -0.2) is 0 Å². The summed E-state index contributed by atoms with van der Waals surface area (Å²) >= 11 is 0. The van der Waals surface area contributed by atoms with Crippen LogP contribution in [0.25, 0.3) is 5.57 Å². The van der Waals surface area contributed by atoms with Crippen LogP contribution in [0.3, 0.4) is 0 Å². The molecule has 0 amide bonds. The SMILES string of the molecule is O=C1C=C[C@@]23C[C@@H](CO[C@H]2C1)Nc1c(O)c2c4c(c13)=NCCC=4C=N2. The predicted molar refractivity (Wildman–Crippen MR) is 92.1 cm³/mol. The minimum atomic E-state index is -0.409. The number of carbonyl (C=O) groups is 1. The average Bonchev–Trinajstić information content (AvgIpc) is 3.05. The van der Waals surface area contributed by atoms with Gasteiger partial charge in [0.2, 0.25) is 0 Å². The minimum Gasteiger partial charge on any atom is -0.504 e. The van der Waals surface area contributed by atoms with E-state index in [-0.39, 0.29) is 23.7 Å². The summed E-state index contributed by atoms with van der Waals surface area (Å²) in [5.74, 6) is 0.299. The number of phenols is 1. The van der Waals surface area contributed by atoms with E-state index in [1.165, 1.54) is 0 Å². The standard InChI is InChI=1S/C19H17N3O3/c23-11-1-3-19-6-10(8-25-12(19)5-11)22-17-14(19)15-13-9(2-4-20-15)7-21-16(13)18(17)24/h1,3,7,10,12,22,24H,2,4-6,8H2/t10-,12-,19+/m0/s1. The molecule has 4 heterocycles. The van der Waals surface area contributed by atoms with E-state index in [2.05, 4.69) is 10.3 Å². The molecule has 3 atom stereocenters. The summed E-state index contributed by atoms with van der Waals surface area (Å²) in [6, 6.07) is 0.107. The van der Waals surface area contributed by atoms with Crippen LogP contribution in [0.4, 0.5) is 11.4 Å². The third kappa shape index (κ3) is 1.56. The molecule has 4 aliphatic heterocycles. The number of hydrogen-bond acceptors (Lipinski definition) is 6. The molecule has 6 rings (SSSR count). The number of allylic oxidation sites excluding steroid dienone is 1. The Labute approximate surface area is 143 Å². The number of nitrogens with zero attached hydrogens (tertiary/aromatic N) is 2. The van der Waals surface area contributed by atoms with Crippen LogP contribution in [0.5, 0.6) is 5.75 Å². The van der Waals surface area contributed by atoms with Crippen molar-refractivity contribution in [2.24, 2.45) is 9.98 Å². The molecule has 0 aromatic heterocycles. The monoisotopic (exact) mass is 335 g/mol. The van der Waals surface area contributed by atoms with Crippen LogP contribution in [0.2, 0.25) is 0 Å². The van der Waals surface area contributed by atoms with E-state index in [9.17, 15) is 9.90 Å². The van der Waals surface area contributed by atoms with Gasteiger partial charge in [-0.2, -0.15) is 0 Å². The lowest BCUT2D eigenvalue weighted by Gasteiger charge is -2.51. The van der Waals surface area contributed by atoms with E-state index in [0.717, 1.165) is 46.8 Å². The zero-order valence-corrected chi connectivity index (χ0v) is 13.6. The van der Waals surface area contributed by atoms with E-state index in [1.807, 2.05) is 12.3 Å². The third-order valence-electron chi connectivity index (χ3n) is 6.17. The van der Waals surface area contributed by atoms with Crippen LogP contribution in [0.15, 0.2) is 22.1 Å². The number of phenolic OH excluding ortho intramolecular Hbond substituents is 1. The molecular formula is C19H17N3O3. The largest absolute Gasteiger partial charge is 0.504 e. The van der Waals surface area contributed by atoms with Gasteiger partial charge in [-0.1, -0.05) is 6.08 Å². The van der Waals surface area contributed by atoms with Crippen molar-refractivity contribution in [1.82, 2.24) is 0 Å². The maximum Gasteiger partial charge on any atom is 0.165 e. The maximum atomic E-state index is 12.0. The number of aromatic hydroxyl groups is 1. The number of ketones is 1. The zero-order valence-electron chi connectivity index (χ0n) is 13.6. The molecule has 2 N–H and O–H groups in total. The smallest absolute Gasteiger partial charge is 0.165 e. The topological polar surface area (TPSA) is 83.3 Å². The van der Waals surface area contributed by atoms with Crippen molar-refractivity contribution in [2.45, 2.75) is 36.8 Å². The second-order valence-corrected chi connectivity index (χ2v) is 7.50. The number of hydrogen-bond donors (Lipinski definition) is 2. The van der Waals surface area contributed by atoms with E-state index in [4.69, 9.17) is 9.73 Å². The number of carbonyl (C=O) groups excluding carboxylic acids is 1. The van der Waals surface area contributed by atoms with Gasteiger partial charge < -0.3 is 15.2 Å². The zero-order chi connectivity index (χ0) is 16.8. The van der Waals surface area contributed by atoms with Crippen LogP contribution >= 0.6 is 0 Å². The molecule has 1 aromatic rings. The van der Waals surface area contributed by atoms with E-state index in [0.29, 0.717) is 18.7 Å². The van der Waals surface area contributed by atoms with Gasteiger partial charge in [-0.3, -0.25) is 14.8 Å². The fourth-order valence-corrected chi connectivity index (χ4v) is 5.11.